The first kappa shape index (κ1) is 11.9. The molecule has 1 heterocycles. The van der Waals surface area contributed by atoms with Crippen molar-refractivity contribution in [2.75, 3.05) is 26.9 Å². The van der Waals surface area contributed by atoms with Crippen LogP contribution in [0.4, 0.5) is 0 Å². The summed E-state index contributed by atoms with van der Waals surface area (Å²) < 4.78 is 14.5. The van der Waals surface area contributed by atoms with Crippen LogP contribution in [-0.4, -0.2) is 50.6 Å². The molecule has 0 bridgehead atoms. The predicted octanol–water partition coefficient (Wildman–Crippen LogP) is -0.724. The van der Waals surface area contributed by atoms with E-state index in [-0.39, 0.29) is 12.4 Å². The minimum absolute atomic E-state index is 0.250. The van der Waals surface area contributed by atoms with Crippen molar-refractivity contribution in [3.63, 3.8) is 0 Å². The summed E-state index contributed by atoms with van der Waals surface area (Å²) >= 11 is 0. The average Bonchev–Trinajstić information content (AvgIpc) is 2.19. The van der Waals surface area contributed by atoms with Crippen LogP contribution in [0.2, 0.25) is 0 Å². The van der Waals surface area contributed by atoms with E-state index in [9.17, 15) is 4.79 Å². The zero-order valence-corrected chi connectivity index (χ0v) is 7.26. The second-order valence-electron chi connectivity index (χ2n) is 2.06. The van der Waals surface area contributed by atoms with Crippen molar-refractivity contribution < 1.29 is 28.9 Å². The standard InChI is InChI=1S/C6H10O4.CH2O2/c1-8-6(7)5-4-9-2-3-10-5;2-1-3/h5H,2-4H2,1H3;1H,(H,2,3). The summed E-state index contributed by atoms with van der Waals surface area (Å²) in [7, 11) is 1.33. The molecule has 0 saturated carbocycles. The van der Waals surface area contributed by atoms with Crippen LogP contribution in [0.25, 0.3) is 0 Å². The van der Waals surface area contributed by atoms with Gasteiger partial charge in [-0.25, -0.2) is 4.79 Å². The van der Waals surface area contributed by atoms with Crippen molar-refractivity contribution >= 4 is 12.4 Å². The van der Waals surface area contributed by atoms with Gasteiger partial charge in [-0.15, -0.1) is 0 Å². The highest BCUT2D eigenvalue weighted by Crippen LogP contribution is 2.01. The molecule has 1 aliphatic heterocycles. The van der Waals surface area contributed by atoms with Crippen LogP contribution >= 0.6 is 0 Å². The molecular weight excluding hydrogens is 180 g/mol. The Hall–Kier alpha value is -1.14. The Morgan fingerprint density at radius 3 is 2.62 bits per heavy atom. The van der Waals surface area contributed by atoms with Gasteiger partial charge in [-0.2, -0.15) is 0 Å². The Morgan fingerprint density at radius 1 is 1.62 bits per heavy atom. The molecule has 76 valence electrons. The number of hydrogen-bond donors (Lipinski definition) is 1. The fourth-order valence-electron chi connectivity index (χ4n) is 0.755. The van der Waals surface area contributed by atoms with Gasteiger partial charge in [0.2, 0.25) is 0 Å². The average molecular weight is 192 g/mol. The van der Waals surface area contributed by atoms with Crippen molar-refractivity contribution in [3.8, 4) is 0 Å². The lowest BCUT2D eigenvalue weighted by Gasteiger charge is -2.20. The van der Waals surface area contributed by atoms with Crippen molar-refractivity contribution in [2.24, 2.45) is 0 Å². The molecule has 13 heavy (non-hydrogen) atoms. The molecule has 1 rings (SSSR count). The summed E-state index contributed by atoms with van der Waals surface area (Å²) in [4.78, 5) is 19.1. The second-order valence-corrected chi connectivity index (χ2v) is 2.06. The summed E-state index contributed by atoms with van der Waals surface area (Å²) in [6, 6.07) is 0. The van der Waals surface area contributed by atoms with Gasteiger partial charge in [0.25, 0.3) is 6.47 Å². The fourth-order valence-corrected chi connectivity index (χ4v) is 0.755. The minimum atomic E-state index is -0.515. The van der Waals surface area contributed by atoms with Crippen molar-refractivity contribution in [1.82, 2.24) is 0 Å². The Morgan fingerprint density at radius 2 is 2.23 bits per heavy atom. The summed E-state index contributed by atoms with van der Waals surface area (Å²) in [5.74, 6) is -0.361. The molecular formula is C7H12O6. The molecule has 0 amide bonds. The van der Waals surface area contributed by atoms with Gasteiger partial charge in [-0.1, -0.05) is 0 Å². The van der Waals surface area contributed by atoms with E-state index in [1.165, 1.54) is 7.11 Å². The van der Waals surface area contributed by atoms with E-state index in [1.54, 1.807) is 0 Å². The molecule has 1 aliphatic rings. The minimum Gasteiger partial charge on any atom is -0.483 e. The highest BCUT2D eigenvalue weighted by molar-refractivity contribution is 5.74. The molecule has 0 aliphatic carbocycles. The van der Waals surface area contributed by atoms with Gasteiger partial charge in [-0.05, 0) is 0 Å². The number of carbonyl (C=O) groups excluding carboxylic acids is 1. The summed E-state index contributed by atoms with van der Waals surface area (Å²) in [5.41, 5.74) is 0. The second kappa shape index (κ2) is 7.51. The highest BCUT2D eigenvalue weighted by atomic mass is 16.6. The Balaban J connectivity index is 0.000000424. The molecule has 1 saturated heterocycles. The molecule has 1 N–H and O–H groups in total. The molecule has 1 atom stereocenters. The van der Waals surface area contributed by atoms with Crippen LogP contribution in [0.5, 0.6) is 0 Å². The Labute approximate surface area is 75.4 Å². The monoisotopic (exact) mass is 192 g/mol. The van der Waals surface area contributed by atoms with Gasteiger partial charge in [0.15, 0.2) is 6.10 Å². The molecule has 1 unspecified atom stereocenters. The van der Waals surface area contributed by atoms with E-state index in [4.69, 9.17) is 19.4 Å². The molecule has 6 heteroatoms. The maximum absolute atomic E-state index is 10.7. The van der Waals surface area contributed by atoms with Gasteiger partial charge >= 0.3 is 5.97 Å². The Kier molecular flexibility index (Phi) is 6.85. The van der Waals surface area contributed by atoms with E-state index >= 15 is 0 Å². The number of esters is 1. The smallest absolute Gasteiger partial charge is 0.337 e. The van der Waals surface area contributed by atoms with E-state index in [0.29, 0.717) is 19.8 Å². The van der Waals surface area contributed by atoms with Gasteiger partial charge in [-0.3, -0.25) is 4.79 Å². The number of methoxy groups -OCH3 is 1. The van der Waals surface area contributed by atoms with Crippen LogP contribution < -0.4 is 0 Å². The van der Waals surface area contributed by atoms with Crippen molar-refractivity contribution in [1.29, 1.82) is 0 Å². The quantitative estimate of drug-likeness (QED) is 0.436. The number of ether oxygens (including phenoxy) is 3. The van der Waals surface area contributed by atoms with Gasteiger partial charge < -0.3 is 19.3 Å². The highest BCUT2D eigenvalue weighted by Gasteiger charge is 2.22. The fraction of sp³-hybridized carbons (Fsp3) is 0.714. The van der Waals surface area contributed by atoms with Crippen LogP contribution in [0.3, 0.4) is 0 Å². The van der Waals surface area contributed by atoms with Crippen LogP contribution in [0.1, 0.15) is 0 Å². The zero-order chi connectivity index (χ0) is 10.1. The van der Waals surface area contributed by atoms with Crippen LogP contribution in [0.15, 0.2) is 0 Å². The van der Waals surface area contributed by atoms with Crippen LogP contribution in [-0.2, 0) is 23.8 Å². The third kappa shape index (κ3) is 5.15. The maximum Gasteiger partial charge on any atom is 0.337 e. The zero-order valence-electron chi connectivity index (χ0n) is 7.26. The van der Waals surface area contributed by atoms with Crippen molar-refractivity contribution in [2.45, 2.75) is 6.10 Å². The van der Waals surface area contributed by atoms with Gasteiger partial charge in [0.05, 0.1) is 26.9 Å². The summed E-state index contributed by atoms with van der Waals surface area (Å²) in [6.07, 6.45) is -0.515. The first-order valence-corrected chi connectivity index (χ1v) is 3.61. The first-order valence-electron chi connectivity index (χ1n) is 3.61. The lowest BCUT2D eigenvalue weighted by atomic mass is 10.3. The Bertz CT molecular complexity index is 151. The maximum atomic E-state index is 10.7. The lowest BCUT2D eigenvalue weighted by molar-refractivity contribution is -0.167. The molecule has 0 radical (unpaired) electrons. The molecule has 0 spiro atoms. The lowest BCUT2D eigenvalue weighted by Crippen LogP contribution is -2.36. The number of hydrogen-bond acceptors (Lipinski definition) is 5. The van der Waals surface area contributed by atoms with E-state index in [2.05, 4.69) is 4.74 Å². The predicted molar refractivity (Wildman–Crippen MR) is 41.3 cm³/mol. The molecule has 0 aromatic carbocycles. The summed E-state index contributed by atoms with van der Waals surface area (Å²) in [6.45, 7) is 1.10. The van der Waals surface area contributed by atoms with E-state index < -0.39 is 6.10 Å². The third-order valence-electron chi connectivity index (χ3n) is 1.28. The topological polar surface area (TPSA) is 82.1 Å². The SMILES string of the molecule is COC(=O)C1COCCO1.O=CO. The molecule has 0 aromatic heterocycles. The van der Waals surface area contributed by atoms with E-state index in [1.807, 2.05) is 0 Å². The largest absolute Gasteiger partial charge is 0.483 e. The number of rotatable bonds is 1. The van der Waals surface area contributed by atoms with Crippen molar-refractivity contribution in [3.05, 3.63) is 0 Å². The van der Waals surface area contributed by atoms with Gasteiger partial charge in [0.1, 0.15) is 0 Å². The van der Waals surface area contributed by atoms with E-state index in [0.717, 1.165) is 0 Å². The molecule has 0 aromatic rings. The van der Waals surface area contributed by atoms with Crippen LogP contribution in [0, 0.1) is 0 Å². The first-order chi connectivity index (χ1) is 6.26. The van der Waals surface area contributed by atoms with Gasteiger partial charge in [0, 0.05) is 0 Å². The number of carbonyl (C=O) groups is 2. The third-order valence-corrected chi connectivity index (χ3v) is 1.28. The number of carboxylic acid groups (broad SMARTS) is 1. The summed E-state index contributed by atoms with van der Waals surface area (Å²) in [5, 5.41) is 6.89. The molecule has 6 nitrogen and oxygen atoms in total. The molecule has 1 fully saturated rings. The normalized spacial score (nSPS) is 20.8.